The van der Waals surface area contributed by atoms with Crippen molar-refractivity contribution in [3.8, 4) is 0 Å². The first-order chi connectivity index (χ1) is 9.56. The molecule has 0 atom stereocenters. The maximum absolute atomic E-state index is 12.0. The quantitative estimate of drug-likeness (QED) is 0.716. The van der Waals surface area contributed by atoms with Crippen LogP contribution in [-0.2, 0) is 14.8 Å². The fraction of sp³-hybridized carbons (Fsp3) is 0.750. The zero-order chi connectivity index (χ0) is 16.3. The lowest BCUT2D eigenvalue weighted by Gasteiger charge is -2.36. The molecule has 0 aromatic heterocycles. The molecule has 1 N–H and O–H groups in total. The van der Waals surface area contributed by atoms with Gasteiger partial charge in [-0.15, -0.1) is 6.58 Å². The number of carbonyl (C=O) groups is 1. The third-order valence-corrected chi connectivity index (χ3v) is 5.42. The highest BCUT2D eigenvalue weighted by molar-refractivity contribution is 7.89. The van der Waals surface area contributed by atoms with E-state index in [4.69, 9.17) is 0 Å². The number of amides is 1. The van der Waals surface area contributed by atoms with Crippen molar-refractivity contribution >= 4 is 15.9 Å². The van der Waals surface area contributed by atoms with Crippen molar-refractivity contribution in [1.82, 2.24) is 9.62 Å². The number of halogens is 3. The molecule has 122 valence electrons. The van der Waals surface area contributed by atoms with Gasteiger partial charge in [0.25, 0.3) is 0 Å². The SMILES string of the molecule is C=CCCN(C)S(=O)(=O)C[C@H]1C[C@@H](NC(=O)C(F)(F)F)C1. The number of alkyl halides is 3. The molecule has 0 aliphatic heterocycles. The molecular formula is C12H19F3N2O3S. The monoisotopic (exact) mass is 328 g/mol. The average molecular weight is 328 g/mol. The van der Waals surface area contributed by atoms with Crippen LogP contribution in [0.1, 0.15) is 19.3 Å². The van der Waals surface area contributed by atoms with Gasteiger partial charge in [-0.2, -0.15) is 13.2 Å². The number of nitrogens with zero attached hydrogens (tertiary/aromatic N) is 1. The van der Waals surface area contributed by atoms with E-state index in [1.807, 2.05) is 5.32 Å². The Kier molecular flexibility index (Phi) is 5.80. The van der Waals surface area contributed by atoms with Gasteiger partial charge in [0.1, 0.15) is 0 Å². The van der Waals surface area contributed by atoms with E-state index in [9.17, 15) is 26.4 Å². The molecule has 1 rings (SSSR count). The Hall–Kier alpha value is -1.09. The standard InChI is InChI=1S/C12H19F3N2O3S/c1-3-4-5-17(2)21(19,20)8-9-6-10(7-9)16-11(18)12(13,14)15/h3,9-10H,1,4-8H2,2H3,(H,16,18)/t9-,10+. The lowest BCUT2D eigenvalue weighted by molar-refractivity contribution is -0.175. The minimum atomic E-state index is -4.90. The van der Waals surface area contributed by atoms with E-state index in [-0.39, 0.29) is 24.5 Å². The van der Waals surface area contributed by atoms with Crippen LogP contribution in [0.2, 0.25) is 0 Å². The number of nitrogens with one attached hydrogen (secondary N) is 1. The van der Waals surface area contributed by atoms with Crippen LogP contribution in [0.3, 0.4) is 0 Å². The molecule has 1 aliphatic rings. The summed E-state index contributed by atoms with van der Waals surface area (Å²) in [5, 5.41) is 1.85. The molecule has 9 heteroatoms. The van der Waals surface area contributed by atoms with Crippen molar-refractivity contribution in [2.45, 2.75) is 31.5 Å². The lowest BCUT2D eigenvalue weighted by atomic mass is 9.81. The van der Waals surface area contributed by atoms with E-state index in [2.05, 4.69) is 6.58 Å². The van der Waals surface area contributed by atoms with E-state index >= 15 is 0 Å². The minimum Gasteiger partial charge on any atom is -0.346 e. The van der Waals surface area contributed by atoms with E-state index in [0.29, 0.717) is 13.0 Å². The van der Waals surface area contributed by atoms with Crippen molar-refractivity contribution in [1.29, 1.82) is 0 Å². The topological polar surface area (TPSA) is 66.5 Å². The van der Waals surface area contributed by atoms with Crippen LogP contribution in [0.5, 0.6) is 0 Å². The fourth-order valence-corrected chi connectivity index (χ4v) is 3.60. The highest BCUT2D eigenvalue weighted by Gasteiger charge is 2.42. The van der Waals surface area contributed by atoms with Gasteiger partial charge in [0.05, 0.1) is 5.75 Å². The first-order valence-corrected chi connectivity index (χ1v) is 8.09. The van der Waals surface area contributed by atoms with Crippen molar-refractivity contribution in [3.05, 3.63) is 12.7 Å². The van der Waals surface area contributed by atoms with Crippen LogP contribution >= 0.6 is 0 Å². The summed E-state index contributed by atoms with van der Waals surface area (Å²) in [6.45, 7) is 3.83. The van der Waals surface area contributed by atoms with Crippen LogP contribution < -0.4 is 5.32 Å². The Balaban J connectivity index is 2.38. The van der Waals surface area contributed by atoms with E-state index < -0.39 is 28.1 Å². The third kappa shape index (κ3) is 5.31. The Morgan fingerprint density at radius 3 is 2.48 bits per heavy atom. The predicted molar refractivity (Wildman–Crippen MR) is 71.9 cm³/mol. The summed E-state index contributed by atoms with van der Waals surface area (Å²) in [5.41, 5.74) is 0. The maximum Gasteiger partial charge on any atom is 0.471 e. The second-order valence-corrected chi connectivity index (χ2v) is 7.30. The van der Waals surface area contributed by atoms with Crippen molar-refractivity contribution in [2.75, 3.05) is 19.3 Å². The Labute approximate surface area is 122 Å². The van der Waals surface area contributed by atoms with E-state index in [0.717, 1.165) is 0 Å². The van der Waals surface area contributed by atoms with Crippen LogP contribution in [0.4, 0.5) is 13.2 Å². The molecule has 0 heterocycles. The summed E-state index contributed by atoms with van der Waals surface area (Å²) in [6.07, 6.45) is -2.27. The number of hydrogen-bond donors (Lipinski definition) is 1. The number of rotatable bonds is 7. The molecular weight excluding hydrogens is 309 g/mol. The van der Waals surface area contributed by atoms with E-state index in [1.54, 1.807) is 6.08 Å². The third-order valence-electron chi connectivity index (χ3n) is 3.40. The molecule has 1 amide bonds. The molecule has 0 bridgehead atoms. The van der Waals surface area contributed by atoms with Gasteiger partial charge in [-0.3, -0.25) is 4.79 Å². The zero-order valence-electron chi connectivity index (χ0n) is 11.7. The van der Waals surface area contributed by atoms with Crippen molar-refractivity contribution in [2.24, 2.45) is 5.92 Å². The molecule has 1 fully saturated rings. The van der Waals surface area contributed by atoms with E-state index in [1.165, 1.54) is 11.4 Å². The summed E-state index contributed by atoms with van der Waals surface area (Å²) in [7, 11) is -1.96. The molecule has 5 nitrogen and oxygen atoms in total. The van der Waals surface area contributed by atoms with Crippen LogP contribution in [0, 0.1) is 5.92 Å². The predicted octanol–water partition coefficient (Wildman–Crippen LogP) is 1.28. The van der Waals surface area contributed by atoms with Gasteiger partial charge in [0.2, 0.25) is 10.0 Å². The first-order valence-electron chi connectivity index (χ1n) is 6.49. The first kappa shape index (κ1) is 18.0. The molecule has 1 saturated carbocycles. The maximum atomic E-state index is 12.0. The van der Waals surface area contributed by atoms with Gasteiger partial charge in [0, 0.05) is 19.6 Å². The molecule has 0 unspecified atom stereocenters. The Bertz CT molecular complexity index is 484. The highest BCUT2D eigenvalue weighted by Crippen LogP contribution is 2.30. The summed E-state index contributed by atoms with van der Waals surface area (Å²) < 4.78 is 61.2. The number of hydrogen-bond acceptors (Lipinski definition) is 3. The molecule has 0 radical (unpaired) electrons. The normalized spacial score (nSPS) is 22.7. The summed E-state index contributed by atoms with van der Waals surface area (Å²) >= 11 is 0. The van der Waals surface area contributed by atoms with Crippen molar-refractivity contribution in [3.63, 3.8) is 0 Å². The van der Waals surface area contributed by atoms with Gasteiger partial charge in [-0.05, 0) is 25.2 Å². The molecule has 0 spiro atoms. The van der Waals surface area contributed by atoms with Crippen LogP contribution in [-0.4, -0.2) is 50.2 Å². The largest absolute Gasteiger partial charge is 0.471 e. The van der Waals surface area contributed by atoms with Gasteiger partial charge >= 0.3 is 12.1 Å². The molecule has 1 aliphatic carbocycles. The smallest absolute Gasteiger partial charge is 0.346 e. The second kappa shape index (κ2) is 6.78. The second-order valence-electron chi connectivity index (χ2n) is 5.18. The lowest BCUT2D eigenvalue weighted by Crippen LogP contribution is -2.50. The number of carbonyl (C=O) groups excluding carboxylic acids is 1. The molecule has 0 aromatic carbocycles. The van der Waals surface area contributed by atoms with Crippen LogP contribution in [0.25, 0.3) is 0 Å². The molecule has 0 saturated heterocycles. The van der Waals surface area contributed by atoms with Gasteiger partial charge in [-0.1, -0.05) is 6.08 Å². The number of sulfonamides is 1. The van der Waals surface area contributed by atoms with Gasteiger partial charge in [-0.25, -0.2) is 12.7 Å². The summed E-state index contributed by atoms with van der Waals surface area (Å²) in [6, 6.07) is -0.599. The van der Waals surface area contributed by atoms with Gasteiger partial charge < -0.3 is 5.32 Å². The Morgan fingerprint density at radius 1 is 1.43 bits per heavy atom. The molecule has 21 heavy (non-hydrogen) atoms. The average Bonchev–Trinajstić information content (AvgIpc) is 2.31. The summed E-state index contributed by atoms with van der Waals surface area (Å²) in [5.74, 6) is -2.31. The zero-order valence-corrected chi connectivity index (χ0v) is 12.5. The Morgan fingerprint density at radius 2 is 2.00 bits per heavy atom. The van der Waals surface area contributed by atoms with Gasteiger partial charge in [0.15, 0.2) is 0 Å². The highest BCUT2D eigenvalue weighted by atomic mass is 32.2. The molecule has 0 aromatic rings. The summed E-state index contributed by atoms with van der Waals surface area (Å²) in [4.78, 5) is 10.7. The van der Waals surface area contributed by atoms with Crippen molar-refractivity contribution < 1.29 is 26.4 Å². The minimum absolute atomic E-state index is 0.112. The fourth-order valence-electron chi connectivity index (χ4n) is 2.09. The van der Waals surface area contributed by atoms with Crippen LogP contribution in [0.15, 0.2) is 12.7 Å².